The smallest absolute Gasteiger partial charge is 0.407 e. The molecule has 156 valence electrons. The normalized spacial score (nSPS) is 12.1. The minimum Gasteiger partial charge on any atom is -0.444 e. The van der Waals surface area contributed by atoms with Crippen molar-refractivity contribution in [1.29, 1.82) is 5.41 Å². The van der Waals surface area contributed by atoms with Crippen molar-refractivity contribution in [2.75, 3.05) is 6.54 Å². The van der Waals surface area contributed by atoms with E-state index in [9.17, 15) is 9.59 Å². The molecule has 0 aliphatic rings. The lowest BCUT2D eigenvalue weighted by molar-refractivity contribution is -0.124. The van der Waals surface area contributed by atoms with Crippen molar-refractivity contribution in [3.8, 4) is 0 Å². The summed E-state index contributed by atoms with van der Waals surface area (Å²) in [6, 6.07) is 7.27. The standard InChI is InChI=1S/C21H34N4O3/c1-15(8-6-5-7-13-24-20(27)28-21(2,3)4)19(26)25-14-16-9-11-17(12-10-16)18(22)23/h9-12,15H,5-8,13-14H2,1-4H3,(H3,22,23)(H,24,27)(H,25,26). The van der Waals surface area contributed by atoms with Crippen LogP contribution in [0.5, 0.6) is 0 Å². The van der Waals surface area contributed by atoms with Gasteiger partial charge in [-0.05, 0) is 39.2 Å². The number of hydrogen-bond acceptors (Lipinski definition) is 4. The van der Waals surface area contributed by atoms with Crippen molar-refractivity contribution < 1.29 is 14.3 Å². The highest BCUT2D eigenvalue weighted by molar-refractivity contribution is 5.94. The van der Waals surface area contributed by atoms with Gasteiger partial charge in [-0.25, -0.2) is 4.79 Å². The molecule has 7 nitrogen and oxygen atoms in total. The molecule has 0 radical (unpaired) electrons. The molecule has 0 aliphatic heterocycles. The molecule has 0 spiro atoms. The second-order valence-electron chi connectivity index (χ2n) is 8.01. The van der Waals surface area contributed by atoms with E-state index in [0.717, 1.165) is 31.2 Å². The maximum Gasteiger partial charge on any atom is 0.407 e. The first-order valence-corrected chi connectivity index (χ1v) is 9.76. The third-order valence-electron chi connectivity index (χ3n) is 4.16. The lowest BCUT2D eigenvalue weighted by Gasteiger charge is -2.19. The Labute approximate surface area is 167 Å². The zero-order valence-electron chi connectivity index (χ0n) is 17.4. The topological polar surface area (TPSA) is 117 Å². The van der Waals surface area contributed by atoms with Crippen molar-refractivity contribution in [2.24, 2.45) is 11.7 Å². The van der Waals surface area contributed by atoms with Gasteiger partial charge in [0.15, 0.2) is 0 Å². The van der Waals surface area contributed by atoms with Crippen molar-refractivity contribution in [2.45, 2.75) is 65.5 Å². The number of hydrogen-bond donors (Lipinski definition) is 4. The summed E-state index contributed by atoms with van der Waals surface area (Å²) < 4.78 is 5.18. The van der Waals surface area contributed by atoms with Gasteiger partial charge < -0.3 is 21.1 Å². The fraction of sp³-hybridized carbons (Fsp3) is 0.571. The van der Waals surface area contributed by atoms with E-state index >= 15 is 0 Å². The maximum absolute atomic E-state index is 12.2. The average molecular weight is 391 g/mol. The second kappa shape index (κ2) is 11.3. The Bertz CT molecular complexity index is 651. The average Bonchev–Trinajstić information content (AvgIpc) is 2.61. The third kappa shape index (κ3) is 9.94. The molecule has 0 bridgehead atoms. The van der Waals surface area contributed by atoms with Crippen LogP contribution in [0.4, 0.5) is 4.79 Å². The van der Waals surface area contributed by atoms with Gasteiger partial charge in [-0.3, -0.25) is 10.2 Å². The molecular formula is C21H34N4O3. The number of ether oxygens (including phenoxy) is 1. The van der Waals surface area contributed by atoms with Gasteiger partial charge in [0.25, 0.3) is 0 Å². The number of nitrogens with two attached hydrogens (primary N) is 1. The van der Waals surface area contributed by atoms with E-state index in [1.54, 1.807) is 12.1 Å². The summed E-state index contributed by atoms with van der Waals surface area (Å²) in [6.45, 7) is 8.46. The molecule has 1 aromatic carbocycles. The van der Waals surface area contributed by atoms with Crippen LogP contribution in [-0.4, -0.2) is 30.0 Å². The number of nitrogens with one attached hydrogen (secondary N) is 3. The van der Waals surface area contributed by atoms with E-state index in [0.29, 0.717) is 18.7 Å². The van der Waals surface area contributed by atoms with Crippen LogP contribution >= 0.6 is 0 Å². The molecule has 28 heavy (non-hydrogen) atoms. The summed E-state index contributed by atoms with van der Waals surface area (Å²) in [5.41, 5.74) is 6.59. The fourth-order valence-corrected chi connectivity index (χ4v) is 2.55. The van der Waals surface area contributed by atoms with Gasteiger partial charge in [-0.1, -0.05) is 44.0 Å². The summed E-state index contributed by atoms with van der Waals surface area (Å²) in [6.07, 6.45) is 3.15. The molecular weight excluding hydrogens is 356 g/mol. The van der Waals surface area contributed by atoms with E-state index in [-0.39, 0.29) is 17.7 Å². The van der Waals surface area contributed by atoms with Crippen LogP contribution in [0.25, 0.3) is 0 Å². The number of amides is 2. The van der Waals surface area contributed by atoms with Gasteiger partial charge in [0, 0.05) is 24.6 Å². The van der Waals surface area contributed by atoms with Crippen LogP contribution in [0.2, 0.25) is 0 Å². The zero-order valence-corrected chi connectivity index (χ0v) is 17.4. The van der Waals surface area contributed by atoms with Gasteiger partial charge in [0.2, 0.25) is 5.91 Å². The largest absolute Gasteiger partial charge is 0.444 e. The first kappa shape index (κ1) is 23.5. The van der Waals surface area contributed by atoms with Crippen molar-refractivity contribution in [1.82, 2.24) is 10.6 Å². The Morgan fingerprint density at radius 3 is 2.32 bits per heavy atom. The predicted octanol–water partition coefficient (Wildman–Crippen LogP) is 3.31. The van der Waals surface area contributed by atoms with Crippen molar-refractivity contribution >= 4 is 17.8 Å². The second-order valence-corrected chi connectivity index (χ2v) is 8.01. The van der Waals surface area contributed by atoms with Gasteiger partial charge in [0.1, 0.15) is 11.4 Å². The number of amidine groups is 1. The summed E-state index contributed by atoms with van der Waals surface area (Å²) >= 11 is 0. The van der Waals surface area contributed by atoms with Crippen LogP contribution in [0.1, 0.15) is 64.5 Å². The molecule has 0 saturated carbocycles. The molecule has 1 rings (SSSR count). The van der Waals surface area contributed by atoms with Crippen LogP contribution in [0.3, 0.4) is 0 Å². The number of alkyl carbamates (subject to hydrolysis) is 1. The molecule has 0 aromatic heterocycles. The van der Waals surface area contributed by atoms with E-state index in [4.69, 9.17) is 15.9 Å². The van der Waals surface area contributed by atoms with Gasteiger partial charge in [-0.2, -0.15) is 0 Å². The van der Waals surface area contributed by atoms with E-state index < -0.39 is 11.7 Å². The Hall–Kier alpha value is -2.57. The predicted molar refractivity (Wildman–Crippen MR) is 111 cm³/mol. The minimum absolute atomic E-state index is 0.0301. The Balaban J connectivity index is 2.16. The number of carbonyl (C=O) groups excluding carboxylic acids is 2. The maximum atomic E-state index is 12.2. The number of unbranched alkanes of at least 4 members (excludes halogenated alkanes) is 2. The monoisotopic (exact) mass is 390 g/mol. The van der Waals surface area contributed by atoms with E-state index in [2.05, 4.69) is 10.6 Å². The van der Waals surface area contributed by atoms with Gasteiger partial charge in [-0.15, -0.1) is 0 Å². The highest BCUT2D eigenvalue weighted by Gasteiger charge is 2.15. The molecule has 0 saturated heterocycles. The fourth-order valence-electron chi connectivity index (χ4n) is 2.55. The zero-order chi connectivity index (χ0) is 21.2. The third-order valence-corrected chi connectivity index (χ3v) is 4.16. The molecule has 1 aromatic rings. The molecule has 0 heterocycles. The van der Waals surface area contributed by atoms with Crippen molar-refractivity contribution in [3.63, 3.8) is 0 Å². The Morgan fingerprint density at radius 1 is 1.11 bits per heavy atom. The summed E-state index contributed by atoms with van der Waals surface area (Å²) in [4.78, 5) is 23.7. The molecule has 0 fully saturated rings. The lowest BCUT2D eigenvalue weighted by atomic mass is 10.0. The highest BCUT2D eigenvalue weighted by atomic mass is 16.6. The lowest BCUT2D eigenvalue weighted by Crippen LogP contribution is -2.33. The number of benzene rings is 1. The van der Waals surface area contributed by atoms with Crippen LogP contribution in [0.15, 0.2) is 24.3 Å². The Kier molecular flexibility index (Phi) is 9.48. The minimum atomic E-state index is -0.484. The quantitative estimate of drug-likeness (QED) is 0.278. The number of rotatable bonds is 10. The molecule has 7 heteroatoms. The summed E-state index contributed by atoms with van der Waals surface area (Å²) in [7, 11) is 0. The summed E-state index contributed by atoms with van der Waals surface area (Å²) in [5.74, 6) is 0.00309. The summed E-state index contributed by atoms with van der Waals surface area (Å²) in [5, 5.41) is 13.1. The van der Waals surface area contributed by atoms with Crippen LogP contribution < -0.4 is 16.4 Å². The first-order chi connectivity index (χ1) is 13.1. The van der Waals surface area contributed by atoms with Crippen LogP contribution in [-0.2, 0) is 16.1 Å². The number of nitrogen functional groups attached to an aromatic ring is 1. The van der Waals surface area contributed by atoms with E-state index in [1.165, 1.54) is 0 Å². The van der Waals surface area contributed by atoms with E-state index in [1.807, 2.05) is 39.8 Å². The Morgan fingerprint density at radius 2 is 1.75 bits per heavy atom. The molecule has 1 atom stereocenters. The molecule has 2 amide bonds. The molecule has 1 unspecified atom stereocenters. The molecule has 0 aliphatic carbocycles. The highest BCUT2D eigenvalue weighted by Crippen LogP contribution is 2.11. The number of carbonyl (C=O) groups is 2. The van der Waals surface area contributed by atoms with Gasteiger partial charge >= 0.3 is 6.09 Å². The SMILES string of the molecule is CC(CCCCCNC(=O)OC(C)(C)C)C(=O)NCc1ccc(C(=N)N)cc1. The first-order valence-electron chi connectivity index (χ1n) is 9.76. The van der Waals surface area contributed by atoms with Crippen LogP contribution in [0, 0.1) is 11.3 Å². The molecule has 5 N–H and O–H groups in total. The van der Waals surface area contributed by atoms with Crippen molar-refractivity contribution in [3.05, 3.63) is 35.4 Å². The van der Waals surface area contributed by atoms with Gasteiger partial charge in [0.05, 0.1) is 0 Å².